The minimum absolute atomic E-state index is 0.0677. The molecule has 6 nitrogen and oxygen atoms in total. The number of halogens is 1. The van der Waals surface area contributed by atoms with E-state index in [2.05, 4.69) is 10.4 Å². The maximum atomic E-state index is 13.8. The fraction of sp³-hybridized carbons (Fsp3) is 0.312. The first kappa shape index (κ1) is 16.7. The Morgan fingerprint density at radius 1 is 1.35 bits per heavy atom. The average Bonchev–Trinajstić information content (AvgIpc) is 2.84. The van der Waals surface area contributed by atoms with Crippen LogP contribution in [0.15, 0.2) is 24.3 Å². The van der Waals surface area contributed by atoms with Crippen molar-refractivity contribution in [2.75, 3.05) is 5.32 Å². The van der Waals surface area contributed by atoms with Crippen LogP contribution in [0.5, 0.6) is 0 Å². The summed E-state index contributed by atoms with van der Waals surface area (Å²) < 4.78 is 15.3. The molecule has 23 heavy (non-hydrogen) atoms. The first-order valence-corrected chi connectivity index (χ1v) is 7.13. The normalized spacial score (nSPS) is 10.8. The minimum Gasteiger partial charge on any atom is -0.481 e. The summed E-state index contributed by atoms with van der Waals surface area (Å²) in [5.41, 5.74) is 1.48. The molecule has 1 amide bonds. The summed E-state index contributed by atoms with van der Waals surface area (Å²) in [6.07, 6.45) is -0.403. The Morgan fingerprint density at radius 2 is 2.04 bits per heavy atom. The van der Waals surface area contributed by atoms with Crippen molar-refractivity contribution in [3.05, 3.63) is 47.0 Å². The summed E-state index contributed by atoms with van der Waals surface area (Å²) in [6.45, 7) is 3.95. The van der Waals surface area contributed by atoms with Gasteiger partial charge in [-0.15, -0.1) is 0 Å². The number of benzene rings is 1. The third-order valence-electron chi connectivity index (χ3n) is 3.38. The van der Waals surface area contributed by atoms with Crippen molar-refractivity contribution in [2.24, 2.45) is 7.05 Å². The summed E-state index contributed by atoms with van der Waals surface area (Å²) in [7, 11) is 1.66. The van der Waals surface area contributed by atoms with Crippen molar-refractivity contribution in [1.82, 2.24) is 9.78 Å². The summed E-state index contributed by atoms with van der Waals surface area (Å²) in [5, 5.41) is 15.5. The van der Waals surface area contributed by atoms with E-state index in [1.165, 1.54) is 16.8 Å². The molecule has 0 radical (unpaired) electrons. The molecule has 0 saturated heterocycles. The quantitative estimate of drug-likeness (QED) is 0.887. The zero-order chi connectivity index (χ0) is 17.1. The second-order valence-corrected chi connectivity index (χ2v) is 5.56. The molecule has 0 aliphatic rings. The van der Waals surface area contributed by atoms with E-state index < -0.39 is 24.1 Å². The Bertz CT molecular complexity index is 753. The number of rotatable bonds is 5. The highest BCUT2D eigenvalue weighted by molar-refractivity contribution is 6.03. The van der Waals surface area contributed by atoms with Gasteiger partial charge in [-0.2, -0.15) is 5.10 Å². The van der Waals surface area contributed by atoms with Crippen molar-refractivity contribution in [2.45, 2.75) is 26.2 Å². The number of aromatic nitrogens is 2. The summed E-state index contributed by atoms with van der Waals surface area (Å²) >= 11 is 0. The maximum absolute atomic E-state index is 13.8. The lowest BCUT2D eigenvalue weighted by molar-refractivity contribution is -0.136. The molecule has 0 aliphatic carbocycles. The van der Waals surface area contributed by atoms with E-state index in [1.807, 2.05) is 13.8 Å². The highest BCUT2D eigenvalue weighted by atomic mass is 19.1. The lowest BCUT2D eigenvalue weighted by atomic mass is 10.1. The van der Waals surface area contributed by atoms with Gasteiger partial charge in [-0.05, 0) is 29.7 Å². The van der Waals surface area contributed by atoms with Gasteiger partial charge in [-0.1, -0.05) is 19.9 Å². The number of aliphatic carboxylic acids is 1. The van der Waals surface area contributed by atoms with Crippen LogP contribution in [0.1, 0.15) is 41.5 Å². The number of nitrogens with one attached hydrogen (secondary N) is 1. The zero-order valence-electron chi connectivity index (χ0n) is 13.1. The number of carboxylic acid groups (broad SMARTS) is 1. The Hall–Kier alpha value is -2.70. The molecule has 1 aromatic heterocycles. The fourth-order valence-corrected chi connectivity index (χ4v) is 2.11. The molecule has 7 heteroatoms. The predicted molar refractivity (Wildman–Crippen MR) is 83.0 cm³/mol. The van der Waals surface area contributed by atoms with Gasteiger partial charge in [-0.25, -0.2) is 4.39 Å². The monoisotopic (exact) mass is 319 g/mol. The zero-order valence-corrected chi connectivity index (χ0v) is 13.1. The van der Waals surface area contributed by atoms with E-state index in [4.69, 9.17) is 5.11 Å². The van der Waals surface area contributed by atoms with E-state index in [1.54, 1.807) is 13.1 Å². The van der Waals surface area contributed by atoms with Crippen LogP contribution in [-0.2, 0) is 18.3 Å². The van der Waals surface area contributed by atoms with E-state index in [-0.39, 0.29) is 17.2 Å². The van der Waals surface area contributed by atoms with Gasteiger partial charge in [0.15, 0.2) is 0 Å². The number of carbonyl (C=O) groups excluding carboxylic acids is 1. The fourth-order valence-electron chi connectivity index (χ4n) is 2.11. The maximum Gasteiger partial charge on any atom is 0.307 e. The summed E-state index contributed by atoms with van der Waals surface area (Å²) in [4.78, 5) is 22.9. The molecule has 0 unspecified atom stereocenters. The van der Waals surface area contributed by atoms with Gasteiger partial charge in [0.25, 0.3) is 5.91 Å². The van der Waals surface area contributed by atoms with Crippen molar-refractivity contribution in [3.63, 3.8) is 0 Å². The largest absolute Gasteiger partial charge is 0.481 e. The van der Waals surface area contributed by atoms with Gasteiger partial charge >= 0.3 is 5.97 Å². The van der Waals surface area contributed by atoms with Gasteiger partial charge in [0.2, 0.25) is 0 Å². The van der Waals surface area contributed by atoms with Crippen LogP contribution in [-0.4, -0.2) is 26.8 Å². The third kappa shape index (κ3) is 3.94. The van der Waals surface area contributed by atoms with Crippen LogP contribution in [0.3, 0.4) is 0 Å². The number of carboxylic acids is 1. The molecular weight excluding hydrogens is 301 g/mol. The highest BCUT2D eigenvalue weighted by Crippen LogP contribution is 2.18. The molecule has 0 saturated carbocycles. The molecule has 0 atom stereocenters. The van der Waals surface area contributed by atoms with Crippen molar-refractivity contribution in [1.29, 1.82) is 0 Å². The lowest BCUT2D eigenvalue weighted by Crippen LogP contribution is -2.16. The second kappa shape index (κ2) is 6.60. The molecule has 2 N–H and O–H groups in total. The van der Waals surface area contributed by atoms with Crippen LogP contribution in [0.2, 0.25) is 0 Å². The third-order valence-corrected chi connectivity index (χ3v) is 3.38. The number of carbonyl (C=O) groups is 2. The first-order chi connectivity index (χ1) is 10.8. The second-order valence-electron chi connectivity index (χ2n) is 5.56. The Labute approximate surface area is 132 Å². The molecule has 2 rings (SSSR count). The number of aryl methyl sites for hydroxylation is 1. The highest BCUT2D eigenvalue weighted by Gasteiger charge is 2.16. The SMILES string of the molecule is CC(C)c1cc(C(=O)Nc2ccc(CC(=O)O)c(F)c2)n(C)n1. The molecule has 0 spiro atoms. The van der Waals surface area contributed by atoms with Gasteiger partial charge in [0.1, 0.15) is 11.5 Å². The molecule has 2 aromatic rings. The Balaban J connectivity index is 2.17. The number of amides is 1. The molecule has 0 aliphatic heterocycles. The number of hydrogen-bond acceptors (Lipinski definition) is 3. The Kier molecular flexibility index (Phi) is 4.78. The van der Waals surface area contributed by atoms with Gasteiger partial charge in [-0.3, -0.25) is 14.3 Å². The van der Waals surface area contributed by atoms with Crippen LogP contribution >= 0.6 is 0 Å². The van der Waals surface area contributed by atoms with E-state index in [9.17, 15) is 14.0 Å². The molecule has 1 aromatic carbocycles. The minimum atomic E-state index is -1.11. The van der Waals surface area contributed by atoms with E-state index in [0.29, 0.717) is 5.69 Å². The van der Waals surface area contributed by atoms with Crippen molar-refractivity contribution in [3.8, 4) is 0 Å². The lowest BCUT2D eigenvalue weighted by Gasteiger charge is -2.07. The molecule has 0 bridgehead atoms. The van der Waals surface area contributed by atoms with Gasteiger partial charge in [0, 0.05) is 12.7 Å². The van der Waals surface area contributed by atoms with Crippen LogP contribution in [0, 0.1) is 5.82 Å². The van der Waals surface area contributed by atoms with Crippen LogP contribution in [0.4, 0.5) is 10.1 Å². The number of anilines is 1. The Morgan fingerprint density at radius 3 is 2.57 bits per heavy atom. The number of nitrogens with zero attached hydrogens (tertiary/aromatic N) is 2. The van der Waals surface area contributed by atoms with Gasteiger partial charge in [0.05, 0.1) is 12.1 Å². The molecule has 1 heterocycles. The topological polar surface area (TPSA) is 84.2 Å². The smallest absolute Gasteiger partial charge is 0.307 e. The van der Waals surface area contributed by atoms with Crippen molar-refractivity contribution >= 4 is 17.6 Å². The summed E-state index contributed by atoms with van der Waals surface area (Å²) in [5.74, 6) is -2.00. The van der Waals surface area contributed by atoms with E-state index >= 15 is 0 Å². The molecule has 0 fully saturated rings. The summed E-state index contributed by atoms with van der Waals surface area (Å²) in [6, 6.07) is 5.62. The van der Waals surface area contributed by atoms with Crippen molar-refractivity contribution < 1.29 is 19.1 Å². The molecule has 122 valence electrons. The predicted octanol–water partition coefficient (Wildman–Crippen LogP) is 2.56. The van der Waals surface area contributed by atoms with Crippen LogP contribution in [0.25, 0.3) is 0 Å². The number of hydrogen-bond donors (Lipinski definition) is 2. The first-order valence-electron chi connectivity index (χ1n) is 7.13. The van der Waals surface area contributed by atoms with E-state index in [0.717, 1.165) is 11.8 Å². The molecular formula is C16H18FN3O3. The van der Waals surface area contributed by atoms with Crippen LogP contribution < -0.4 is 5.32 Å². The standard InChI is InChI=1S/C16H18FN3O3/c1-9(2)13-8-14(20(3)19-13)16(23)18-11-5-4-10(6-15(21)22)12(17)7-11/h4-5,7-9H,6H2,1-3H3,(H,18,23)(H,21,22). The van der Waals surface area contributed by atoms with Gasteiger partial charge < -0.3 is 10.4 Å². The average molecular weight is 319 g/mol.